The summed E-state index contributed by atoms with van der Waals surface area (Å²) in [6.45, 7) is 4.46. The Morgan fingerprint density at radius 1 is 1.30 bits per heavy atom. The van der Waals surface area contributed by atoms with Crippen LogP contribution in [0.5, 0.6) is 0 Å². The molecule has 0 spiro atoms. The molecule has 0 bridgehead atoms. The molecule has 1 N–H and O–H groups in total. The van der Waals surface area contributed by atoms with Crippen molar-refractivity contribution in [3.63, 3.8) is 0 Å². The molecule has 4 heteroatoms. The zero-order chi connectivity index (χ0) is 14.4. The summed E-state index contributed by atoms with van der Waals surface area (Å²) < 4.78 is 0. The van der Waals surface area contributed by atoms with Crippen molar-refractivity contribution in [1.82, 2.24) is 4.98 Å². The third-order valence-electron chi connectivity index (χ3n) is 3.25. The van der Waals surface area contributed by atoms with Gasteiger partial charge in [0.25, 0.3) is 0 Å². The Morgan fingerprint density at radius 3 is 2.75 bits per heavy atom. The summed E-state index contributed by atoms with van der Waals surface area (Å²) >= 11 is 3.64. The second kappa shape index (κ2) is 7.81. The molecule has 0 aliphatic rings. The molecule has 0 fully saturated rings. The Hall–Kier alpha value is -0.840. The molecule has 0 aliphatic heterocycles. The minimum absolute atomic E-state index is 0.464. The van der Waals surface area contributed by atoms with E-state index in [1.165, 1.54) is 6.42 Å². The lowest BCUT2D eigenvalue weighted by molar-refractivity contribution is 0.177. The van der Waals surface area contributed by atoms with Gasteiger partial charge in [0.2, 0.25) is 0 Å². The van der Waals surface area contributed by atoms with Crippen LogP contribution in [-0.2, 0) is 12.2 Å². The van der Waals surface area contributed by atoms with E-state index >= 15 is 0 Å². The molecule has 2 aromatic rings. The van der Waals surface area contributed by atoms with Crippen LogP contribution in [0.2, 0.25) is 0 Å². The molecule has 0 radical (unpaired) electrons. The van der Waals surface area contributed by atoms with Gasteiger partial charge in [-0.15, -0.1) is 11.3 Å². The van der Waals surface area contributed by atoms with Crippen LogP contribution in [0.1, 0.15) is 42.6 Å². The zero-order valence-corrected chi connectivity index (χ0v) is 13.6. The second-order valence-electron chi connectivity index (χ2n) is 4.89. The van der Waals surface area contributed by atoms with Gasteiger partial charge in [0.1, 0.15) is 5.01 Å². The summed E-state index contributed by atoms with van der Waals surface area (Å²) in [6, 6.07) is 9.78. The van der Waals surface area contributed by atoms with Crippen LogP contribution < -0.4 is 0 Å². The number of thioether (sulfide) groups is 1. The number of rotatable bonds is 7. The smallest absolute Gasteiger partial charge is 0.103 e. The van der Waals surface area contributed by atoms with Crippen molar-refractivity contribution in [3.8, 4) is 0 Å². The lowest BCUT2D eigenvalue weighted by atomic mass is 10.1. The predicted octanol–water partition coefficient (Wildman–Crippen LogP) is 4.45. The molecule has 20 heavy (non-hydrogen) atoms. The average molecular weight is 307 g/mol. The Balaban J connectivity index is 1.89. The molecule has 2 nitrogen and oxygen atoms in total. The van der Waals surface area contributed by atoms with Crippen molar-refractivity contribution >= 4 is 23.1 Å². The van der Waals surface area contributed by atoms with Crippen LogP contribution in [0.25, 0.3) is 0 Å². The van der Waals surface area contributed by atoms with Crippen molar-refractivity contribution in [2.75, 3.05) is 0 Å². The first-order valence-electron chi connectivity index (χ1n) is 6.97. The number of hydrogen-bond acceptors (Lipinski definition) is 4. The molecule has 0 aliphatic carbocycles. The largest absolute Gasteiger partial charge is 0.388 e. The van der Waals surface area contributed by atoms with Gasteiger partial charge in [-0.1, -0.05) is 44.2 Å². The maximum Gasteiger partial charge on any atom is 0.103 e. The van der Waals surface area contributed by atoms with E-state index in [0.717, 1.165) is 22.0 Å². The van der Waals surface area contributed by atoms with Gasteiger partial charge >= 0.3 is 0 Å². The van der Waals surface area contributed by atoms with Gasteiger partial charge in [0, 0.05) is 22.8 Å². The maximum atomic E-state index is 10.2. The van der Waals surface area contributed by atoms with Gasteiger partial charge in [-0.2, -0.15) is 11.8 Å². The van der Waals surface area contributed by atoms with E-state index in [4.69, 9.17) is 0 Å². The summed E-state index contributed by atoms with van der Waals surface area (Å²) in [6.07, 6.45) is 1.32. The molecule has 1 aromatic carbocycles. The van der Waals surface area contributed by atoms with Crippen LogP contribution in [0, 0.1) is 0 Å². The summed E-state index contributed by atoms with van der Waals surface area (Å²) in [5.74, 6) is 0.973. The second-order valence-corrected chi connectivity index (χ2v) is 7.26. The SMILES string of the molecule is CCC(C)SCc1nc(CC(O)c2ccccc2)cs1. The van der Waals surface area contributed by atoms with Gasteiger partial charge in [-0.3, -0.25) is 0 Å². The Bertz CT molecular complexity index is 512. The van der Waals surface area contributed by atoms with E-state index in [-0.39, 0.29) is 0 Å². The van der Waals surface area contributed by atoms with E-state index in [1.54, 1.807) is 11.3 Å². The maximum absolute atomic E-state index is 10.2. The van der Waals surface area contributed by atoms with E-state index in [0.29, 0.717) is 11.7 Å². The van der Waals surface area contributed by atoms with Crippen molar-refractivity contribution in [1.29, 1.82) is 0 Å². The normalized spacial score (nSPS) is 14.2. The van der Waals surface area contributed by atoms with Gasteiger partial charge in [-0.05, 0) is 12.0 Å². The minimum atomic E-state index is -0.464. The molecule has 2 rings (SSSR count). The first-order chi connectivity index (χ1) is 9.69. The first-order valence-corrected chi connectivity index (χ1v) is 8.89. The summed E-state index contributed by atoms with van der Waals surface area (Å²) in [5, 5.41) is 14.1. The summed E-state index contributed by atoms with van der Waals surface area (Å²) in [4.78, 5) is 4.62. The monoisotopic (exact) mass is 307 g/mol. The molecular weight excluding hydrogens is 286 g/mol. The molecule has 0 saturated carbocycles. The number of thiazole rings is 1. The lowest BCUT2D eigenvalue weighted by Gasteiger charge is -2.08. The van der Waals surface area contributed by atoms with E-state index < -0.39 is 6.10 Å². The number of benzene rings is 1. The van der Waals surface area contributed by atoms with E-state index in [1.807, 2.05) is 42.1 Å². The van der Waals surface area contributed by atoms with Crippen molar-refractivity contribution < 1.29 is 5.11 Å². The number of hydrogen-bond donors (Lipinski definition) is 1. The third kappa shape index (κ3) is 4.62. The highest BCUT2D eigenvalue weighted by Crippen LogP contribution is 2.24. The van der Waals surface area contributed by atoms with Gasteiger partial charge < -0.3 is 5.11 Å². The topological polar surface area (TPSA) is 33.1 Å². The van der Waals surface area contributed by atoms with Crippen molar-refractivity contribution in [2.45, 2.75) is 43.8 Å². The van der Waals surface area contributed by atoms with Crippen molar-refractivity contribution in [2.24, 2.45) is 0 Å². The fourth-order valence-electron chi connectivity index (χ4n) is 1.83. The number of aliphatic hydroxyl groups excluding tert-OH is 1. The zero-order valence-electron chi connectivity index (χ0n) is 12.0. The van der Waals surface area contributed by atoms with Gasteiger partial charge in [0.15, 0.2) is 0 Å². The predicted molar refractivity (Wildman–Crippen MR) is 88.3 cm³/mol. The van der Waals surface area contributed by atoms with E-state index in [9.17, 15) is 5.11 Å². The van der Waals surface area contributed by atoms with Gasteiger partial charge in [0.05, 0.1) is 11.8 Å². The van der Waals surface area contributed by atoms with Crippen LogP contribution in [0.4, 0.5) is 0 Å². The first kappa shape index (κ1) is 15.5. The van der Waals surface area contributed by atoms with Crippen LogP contribution in [0.3, 0.4) is 0 Å². The van der Waals surface area contributed by atoms with E-state index in [2.05, 4.69) is 24.2 Å². The highest BCUT2D eigenvalue weighted by atomic mass is 32.2. The third-order valence-corrected chi connectivity index (χ3v) is 5.68. The Morgan fingerprint density at radius 2 is 2.05 bits per heavy atom. The van der Waals surface area contributed by atoms with Crippen LogP contribution >= 0.6 is 23.1 Å². The highest BCUT2D eigenvalue weighted by molar-refractivity contribution is 7.99. The summed E-state index contributed by atoms with van der Waals surface area (Å²) in [5.41, 5.74) is 1.95. The fourth-order valence-corrected chi connectivity index (χ4v) is 3.63. The molecule has 1 aromatic heterocycles. The standard InChI is InChI=1S/C16H21NOS2/c1-3-12(2)19-11-16-17-14(10-20-16)9-15(18)13-7-5-4-6-8-13/h4-8,10,12,15,18H,3,9,11H2,1-2H3. The Kier molecular flexibility index (Phi) is 6.07. The minimum Gasteiger partial charge on any atom is -0.388 e. The number of nitrogens with zero attached hydrogens (tertiary/aromatic N) is 1. The van der Waals surface area contributed by atoms with Crippen molar-refractivity contribution in [3.05, 3.63) is 52.0 Å². The Labute approximate surface area is 129 Å². The quantitative estimate of drug-likeness (QED) is 0.820. The average Bonchev–Trinajstić information content (AvgIpc) is 2.93. The molecule has 0 amide bonds. The molecule has 2 atom stereocenters. The fraction of sp³-hybridized carbons (Fsp3) is 0.438. The highest BCUT2D eigenvalue weighted by Gasteiger charge is 2.11. The molecule has 108 valence electrons. The lowest BCUT2D eigenvalue weighted by Crippen LogP contribution is -2.02. The molecule has 0 saturated heterocycles. The summed E-state index contributed by atoms with van der Waals surface area (Å²) in [7, 11) is 0. The number of aliphatic hydroxyl groups is 1. The van der Waals surface area contributed by atoms with Gasteiger partial charge in [-0.25, -0.2) is 4.98 Å². The van der Waals surface area contributed by atoms with Crippen LogP contribution in [0.15, 0.2) is 35.7 Å². The van der Waals surface area contributed by atoms with Crippen LogP contribution in [-0.4, -0.2) is 15.3 Å². The molecule has 2 unspecified atom stereocenters. The molecular formula is C16H21NOS2. The molecule has 1 heterocycles. The number of aromatic nitrogens is 1.